The molecule has 0 aliphatic rings. The summed E-state index contributed by atoms with van der Waals surface area (Å²) < 4.78 is 5.08. The zero-order valence-electron chi connectivity index (χ0n) is 16.5. The first-order valence-corrected chi connectivity index (χ1v) is 10.2. The molecular weight excluding hydrogens is 418 g/mol. The van der Waals surface area contributed by atoms with Gasteiger partial charge in [-0.25, -0.2) is 0 Å². The molecule has 9 heteroatoms. The average molecular weight is 437 g/mol. The molecule has 31 heavy (non-hydrogen) atoms. The van der Waals surface area contributed by atoms with Gasteiger partial charge in [0.25, 0.3) is 11.6 Å². The number of hydrogen-bond acceptors (Lipinski definition) is 6. The van der Waals surface area contributed by atoms with Crippen LogP contribution in [0.2, 0.25) is 0 Å². The summed E-state index contributed by atoms with van der Waals surface area (Å²) in [7, 11) is 1.58. The number of thioether (sulfide) groups is 1. The van der Waals surface area contributed by atoms with E-state index in [0.717, 1.165) is 4.90 Å². The van der Waals surface area contributed by atoms with Crippen molar-refractivity contribution < 1.29 is 19.2 Å². The van der Waals surface area contributed by atoms with Crippen molar-refractivity contribution in [2.45, 2.75) is 4.90 Å². The summed E-state index contributed by atoms with van der Waals surface area (Å²) in [5.74, 6) is 0.452. The molecule has 0 saturated carbocycles. The van der Waals surface area contributed by atoms with E-state index in [1.807, 2.05) is 0 Å². The van der Waals surface area contributed by atoms with Crippen LogP contribution in [0.15, 0.2) is 77.7 Å². The molecule has 8 nitrogen and oxygen atoms in total. The fraction of sp³-hybridized carbons (Fsp3) is 0.0909. The predicted octanol–water partition coefficient (Wildman–Crippen LogP) is 4.59. The highest BCUT2D eigenvalue weighted by Crippen LogP contribution is 2.22. The molecule has 2 amide bonds. The lowest BCUT2D eigenvalue weighted by molar-refractivity contribution is -0.384. The number of carbonyl (C=O) groups is 2. The zero-order chi connectivity index (χ0) is 22.2. The predicted molar refractivity (Wildman–Crippen MR) is 120 cm³/mol. The van der Waals surface area contributed by atoms with Gasteiger partial charge in [-0.05, 0) is 60.7 Å². The zero-order valence-corrected chi connectivity index (χ0v) is 17.3. The van der Waals surface area contributed by atoms with Crippen LogP contribution in [-0.2, 0) is 4.79 Å². The second-order valence-electron chi connectivity index (χ2n) is 6.35. The van der Waals surface area contributed by atoms with Crippen LogP contribution < -0.4 is 15.4 Å². The van der Waals surface area contributed by atoms with Crippen molar-refractivity contribution in [3.8, 4) is 5.75 Å². The largest absolute Gasteiger partial charge is 0.497 e. The number of nitrogens with zero attached hydrogens (tertiary/aromatic N) is 1. The molecule has 0 aliphatic heterocycles. The van der Waals surface area contributed by atoms with E-state index in [1.165, 1.54) is 36.0 Å². The van der Waals surface area contributed by atoms with Crippen LogP contribution in [0, 0.1) is 10.1 Å². The molecule has 3 rings (SSSR count). The minimum atomic E-state index is -0.519. The van der Waals surface area contributed by atoms with Gasteiger partial charge in [0.05, 0.1) is 17.8 Å². The van der Waals surface area contributed by atoms with Gasteiger partial charge >= 0.3 is 0 Å². The van der Waals surface area contributed by atoms with Gasteiger partial charge in [0.1, 0.15) is 5.75 Å². The number of amides is 2. The molecule has 158 valence electrons. The Balaban J connectivity index is 1.49. The van der Waals surface area contributed by atoms with Gasteiger partial charge < -0.3 is 15.4 Å². The van der Waals surface area contributed by atoms with Crippen molar-refractivity contribution in [3.63, 3.8) is 0 Å². The molecule has 2 N–H and O–H groups in total. The first kappa shape index (κ1) is 21.8. The van der Waals surface area contributed by atoms with Crippen molar-refractivity contribution in [1.29, 1.82) is 0 Å². The van der Waals surface area contributed by atoms with Crippen molar-refractivity contribution in [1.82, 2.24) is 0 Å². The molecule has 0 atom stereocenters. The number of hydrogen-bond donors (Lipinski definition) is 2. The highest BCUT2D eigenvalue weighted by atomic mass is 32.2. The number of anilines is 2. The lowest BCUT2D eigenvalue weighted by atomic mass is 10.2. The molecule has 0 spiro atoms. The Bertz CT molecular complexity index is 1070. The number of nitro groups is 1. The lowest BCUT2D eigenvalue weighted by Gasteiger charge is -2.08. The van der Waals surface area contributed by atoms with Crippen LogP contribution in [0.5, 0.6) is 5.75 Å². The minimum absolute atomic E-state index is 0.0750. The van der Waals surface area contributed by atoms with Gasteiger partial charge in [0.2, 0.25) is 5.91 Å². The monoisotopic (exact) mass is 437 g/mol. The second kappa shape index (κ2) is 10.3. The number of carbonyl (C=O) groups excluding carboxylic acids is 2. The first-order chi connectivity index (χ1) is 14.9. The van der Waals surface area contributed by atoms with E-state index in [0.29, 0.717) is 22.7 Å². The number of non-ortho nitro benzene ring substituents is 1. The van der Waals surface area contributed by atoms with Gasteiger partial charge in [-0.1, -0.05) is 0 Å². The van der Waals surface area contributed by atoms with Crippen LogP contribution in [-0.4, -0.2) is 29.6 Å². The second-order valence-corrected chi connectivity index (χ2v) is 7.40. The van der Waals surface area contributed by atoms with E-state index in [1.54, 1.807) is 55.6 Å². The molecule has 0 saturated heterocycles. The summed E-state index contributed by atoms with van der Waals surface area (Å²) in [5, 5.41) is 16.2. The number of benzene rings is 3. The normalized spacial score (nSPS) is 10.2. The number of nitrogens with one attached hydrogen (secondary N) is 2. The maximum absolute atomic E-state index is 12.3. The third-order valence-electron chi connectivity index (χ3n) is 4.20. The van der Waals surface area contributed by atoms with Gasteiger partial charge in [0, 0.05) is 34.0 Å². The van der Waals surface area contributed by atoms with Gasteiger partial charge in [-0.3, -0.25) is 19.7 Å². The Morgan fingerprint density at radius 3 is 2.06 bits per heavy atom. The van der Waals surface area contributed by atoms with E-state index >= 15 is 0 Å². The highest BCUT2D eigenvalue weighted by molar-refractivity contribution is 8.00. The molecule has 3 aromatic carbocycles. The van der Waals surface area contributed by atoms with Crippen LogP contribution in [0.4, 0.5) is 17.1 Å². The Hall–Kier alpha value is -3.85. The summed E-state index contributed by atoms with van der Waals surface area (Å²) in [6.45, 7) is 0. The van der Waals surface area contributed by atoms with E-state index < -0.39 is 4.92 Å². The van der Waals surface area contributed by atoms with E-state index in [4.69, 9.17) is 4.74 Å². The third-order valence-corrected chi connectivity index (χ3v) is 5.21. The van der Waals surface area contributed by atoms with Crippen LogP contribution in [0.1, 0.15) is 10.4 Å². The van der Waals surface area contributed by atoms with Crippen LogP contribution in [0.3, 0.4) is 0 Å². The molecule has 3 aromatic rings. The maximum atomic E-state index is 12.3. The summed E-state index contributed by atoms with van der Waals surface area (Å²) in [4.78, 5) is 35.4. The number of rotatable bonds is 8. The van der Waals surface area contributed by atoms with Crippen LogP contribution >= 0.6 is 11.8 Å². The Morgan fingerprint density at radius 1 is 0.903 bits per heavy atom. The molecule has 0 aromatic heterocycles. The van der Waals surface area contributed by atoms with Crippen molar-refractivity contribution >= 4 is 40.6 Å². The number of ether oxygens (including phenoxy) is 1. The first-order valence-electron chi connectivity index (χ1n) is 9.17. The molecule has 0 radical (unpaired) electrons. The fourth-order valence-electron chi connectivity index (χ4n) is 2.59. The van der Waals surface area contributed by atoms with Gasteiger partial charge in [0.15, 0.2) is 0 Å². The van der Waals surface area contributed by atoms with Crippen molar-refractivity contribution in [3.05, 3.63) is 88.5 Å². The number of methoxy groups -OCH3 is 1. The highest BCUT2D eigenvalue weighted by Gasteiger charge is 2.10. The Labute approximate surface area is 182 Å². The molecule has 0 fully saturated rings. The summed E-state index contributed by atoms with van der Waals surface area (Å²) in [6, 6.07) is 19.5. The summed E-state index contributed by atoms with van der Waals surface area (Å²) in [6.07, 6.45) is 0. The van der Waals surface area contributed by atoms with Crippen LogP contribution in [0.25, 0.3) is 0 Å². The quantitative estimate of drug-likeness (QED) is 0.303. The molecule has 0 bridgehead atoms. The van der Waals surface area contributed by atoms with E-state index in [9.17, 15) is 19.7 Å². The fourth-order valence-corrected chi connectivity index (χ4v) is 3.29. The third kappa shape index (κ3) is 6.31. The van der Waals surface area contributed by atoms with E-state index in [2.05, 4.69) is 10.6 Å². The topological polar surface area (TPSA) is 111 Å². The molecule has 0 heterocycles. The minimum Gasteiger partial charge on any atom is -0.497 e. The average Bonchev–Trinajstić information content (AvgIpc) is 2.79. The summed E-state index contributed by atoms with van der Waals surface area (Å²) >= 11 is 1.37. The molecule has 0 aliphatic carbocycles. The van der Waals surface area contributed by atoms with Gasteiger partial charge in [-0.15, -0.1) is 11.8 Å². The van der Waals surface area contributed by atoms with Gasteiger partial charge in [-0.2, -0.15) is 0 Å². The maximum Gasteiger partial charge on any atom is 0.269 e. The Morgan fingerprint density at radius 2 is 1.48 bits per heavy atom. The smallest absolute Gasteiger partial charge is 0.269 e. The molecule has 0 unspecified atom stereocenters. The molecular formula is C22H19N3O5S. The standard InChI is InChI=1S/C22H19N3O5S/c1-30-19-10-4-16(5-11-19)23-21(26)14-31-20-12-6-17(7-13-20)24-22(27)15-2-8-18(9-3-15)25(28)29/h2-13H,14H2,1H3,(H,23,26)(H,24,27). The van der Waals surface area contributed by atoms with E-state index in [-0.39, 0.29) is 23.3 Å². The lowest BCUT2D eigenvalue weighted by Crippen LogP contribution is -2.14. The Kier molecular flexibility index (Phi) is 7.23. The summed E-state index contributed by atoms with van der Waals surface area (Å²) in [5.41, 5.74) is 1.51. The van der Waals surface area contributed by atoms with Crippen molar-refractivity contribution in [2.24, 2.45) is 0 Å². The van der Waals surface area contributed by atoms with Crippen molar-refractivity contribution in [2.75, 3.05) is 23.5 Å². The SMILES string of the molecule is COc1ccc(NC(=O)CSc2ccc(NC(=O)c3ccc([N+](=O)[O-])cc3)cc2)cc1. The number of nitro benzene ring substituents is 1.